The zero-order valence-corrected chi connectivity index (χ0v) is 9.77. The Balaban J connectivity index is 1.68. The lowest BCUT2D eigenvalue weighted by atomic mass is 9.85. The summed E-state index contributed by atoms with van der Waals surface area (Å²) in [6.45, 7) is 2.77. The number of hydrogen-bond donors (Lipinski definition) is 1. The van der Waals surface area contributed by atoms with Gasteiger partial charge in [0.1, 0.15) is 0 Å². The van der Waals surface area contributed by atoms with Crippen LogP contribution in [-0.2, 0) is 11.2 Å². The van der Waals surface area contributed by atoms with Gasteiger partial charge in [-0.2, -0.15) is 0 Å². The molecule has 1 saturated carbocycles. The quantitative estimate of drug-likeness (QED) is 0.849. The molecule has 0 aliphatic heterocycles. The largest absolute Gasteiger partial charge is 0.355 e. The predicted octanol–water partition coefficient (Wildman–Crippen LogP) is 1.91. The molecular formula is C11H16N2OS. The number of carbonyl (C=O) groups is 1. The van der Waals surface area contributed by atoms with E-state index in [1.165, 1.54) is 11.3 Å². The number of nitrogens with zero attached hydrogens (tertiary/aromatic N) is 1. The van der Waals surface area contributed by atoms with Gasteiger partial charge < -0.3 is 5.32 Å². The van der Waals surface area contributed by atoms with Gasteiger partial charge in [0.25, 0.3) is 0 Å². The number of aromatic nitrogens is 1. The number of carbonyl (C=O) groups excluding carboxylic acids is 1. The normalized spacial score (nSPS) is 16.1. The van der Waals surface area contributed by atoms with E-state index >= 15 is 0 Å². The summed E-state index contributed by atoms with van der Waals surface area (Å²) < 4.78 is 0. The third-order valence-electron chi connectivity index (χ3n) is 2.78. The highest BCUT2D eigenvalue weighted by Gasteiger charge is 2.24. The van der Waals surface area contributed by atoms with E-state index in [0.29, 0.717) is 5.92 Å². The van der Waals surface area contributed by atoms with Gasteiger partial charge in [-0.1, -0.05) is 6.42 Å². The average Bonchev–Trinajstić information content (AvgIpc) is 2.48. The van der Waals surface area contributed by atoms with E-state index in [-0.39, 0.29) is 5.91 Å². The lowest BCUT2D eigenvalue weighted by Gasteiger charge is -2.23. The Bertz CT molecular complexity index is 344. The molecule has 0 aromatic carbocycles. The minimum atomic E-state index is 0.231. The topological polar surface area (TPSA) is 42.0 Å². The van der Waals surface area contributed by atoms with Crippen LogP contribution in [0.1, 0.15) is 29.1 Å². The molecule has 0 spiro atoms. The molecule has 4 heteroatoms. The van der Waals surface area contributed by atoms with Gasteiger partial charge in [0.15, 0.2) is 0 Å². The summed E-state index contributed by atoms with van der Waals surface area (Å²) in [7, 11) is 0. The summed E-state index contributed by atoms with van der Waals surface area (Å²) in [5.74, 6) is 0.526. The lowest BCUT2D eigenvalue weighted by molar-refractivity contribution is -0.127. The predicted molar refractivity (Wildman–Crippen MR) is 60.9 cm³/mol. The van der Waals surface area contributed by atoms with Crippen LogP contribution in [0, 0.1) is 12.8 Å². The first-order valence-electron chi connectivity index (χ1n) is 5.45. The monoisotopic (exact) mass is 224 g/mol. The molecule has 0 saturated heterocycles. The number of amides is 1. The molecule has 0 unspecified atom stereocenters. The summed E-state index contributed by atoms with van der Waals surface area (Å²) in [6, 6.07) is 0. The zero-order valence-electron chi connectivity index (χ0n) is 8.95. The molecule has 0 atom stereocenters. The van der Waals surface area contributed by atoms with Crippen LogP contribution < -0.4 is 5.32 Å². The van der Waals surface area contributed by atoms with Crippen molar-refractivity contribution < 1.29 is 4.79 Å². The van der Waals surface area contributed by atoms with Gasteiger partial charge in [0.2, 0.25) is 5.91 Å². The third-order valence-corrected chi connectivity index (χ3v) is 3.76. The van der Waals surface area contributed by atoms with Crippen LogP contribution >= 0.6 is 11.3 Å². The van der Waals surface area contributed by atoms with Crippen molar-refractivity contribution >= 4 is 17.2 Å². The van der Waals surface area contributed by atoms with E-state index in [1.807, 2.05) is 13.1 Å². The summed E-state index contributed by atoms with van der Waals surface area (Å²) in [5.41, 5.74) is 0. The van der Waals surface area contributed by atoms with Crippen LogP contribution in [0.5, 0.6) is 0 Å². The van der Waals surface area contributed by atoms with Crippen LogP contribution in [0.4, 0.5) is 0 Å². The van der Waals surface area contributed by atoms with Crippen molar-refractivity contribution in [2.75, 3.05) is 6.54 Å². The van der Waals surface area contributed by atoms with Crippen molar-refractivity contribution in [1.29, 1.82) is 0 Å². The minimum Gasteiger partial charge on any atom is -0.355 e. The Morgan fingerprint density at radius 2 is 2.47 bits per heavy atom. The molecular weight excluding hydrogens is 208 g/mol. The van der Waals surface area contributed by atoms with Gasteiger partial charge in [-0.05, 0) is 19.8 Å². The Labute approximate surface area is 93.9 Å². The first-order valence-corrected chi connectivity index (χ1v) is 6.26. The van der Waals surface area contributed by atoms with Gasteiger partial charge in [-0.3, -0.25) is 4.79 Å². The van der Waals surface area contributed by atoms with Crippen molar-refractivity contribution in [3.8, 4) is 0 Å². The summed E-state index contributed by atoms with van der Waals surface area (Å²) in [4.78, 5) is 17.0. The minimum absolute atomic E-state index is 0.231. The fraction of sp³-hybridized carbons (Fsp3) is 0.636. The van der Waals surface area contributed by atoms with Crippen molar-refractivity contribution in [3.05, 3.63) is 16.1 Å². The Morgan fingerprint density at radius 3 is 3.00 bits per heavy atom. The second-order valence-electron chi connectivity index (χ2n) is 4.03. The molecule has 1 aliphatic carbocycles. The van der Waals surface area contributed by atoms with E-state index in [4.69, 9.17) is 0 Å². The second kappa shape index (κ2) is 4.75. The maximum Gasteiger partial charge on any atom is 0.223 e. The van der Waals surface area contributed by atoms with Crippen molar-refractivity contribution in [1.82, 2.24) is 10.3 Å². The van der Waals surface area contributed by atoms with Crippen molar-refractivity contribution in [3.63, 3.8) is 0 Å². The zero-order chi connectivity index (χ0) is 10.7. The summed E-state index contributed by atoms with van der Waals surface area (Å²) >= 11 is 1.71. The number of hydrogen-bond acceptors (Lipinski definition) is 3. The van der Waals surface area contributed by atoms with Gasteiger partial charge >= 0.3 is 0 Å². The number of nitrogens with one attached hydrogen (secondary N) is 1. The van der Waals surface area contributed by atoms with E-state index in [1.54, 1.807) is 11.3 Å². The number of rotatable bonds is 4. The molecule has 1 fully saturated rings. The first-order chi connectivity index (χ1) is 7.25. The molecule has 1 heterocycles. The molecule has 82 valence electrons. The molecule has 1 amide bonds. The molecule has 0 bridgehead atoms. The molecule has 1 aromatic rings. The Hall–Kier alpha value is -0.900. The molecule has 2 rings (SSSR count). The summed E-state index contributed by atoms with van der Waals surface area (Å²) in [5, 5.41) is 4.08. The van der Waals surface area contributed by atoms with E-state index in [2.05, 4.69) is 10.3 Å². The Morgan fingerprint density at radius 1 is 1.67 bits per heavy atom. The molecule has 1 N–H and O–H groups in total. The number of thiazole rings is 1. The van der Waals surface area contributed by atoms with Crippen LogP contribution in [0.25, 0.3) is 0 Å². The van der Waals surface area contributed by atoms with Crippen LogP contribution in [0.3, 0.4) is 0 Å². The first kappa shape index (κ1) is 10.6. The third kappa shape index (κ3) is 2.78. The van der Waals surface area contributed by atoms with Gasteiger partial charge in [-0.15, -0.1) is 11.3 Å². The lowest BCUT2D eigenvalue weighted by Crippen LogP contribution is -2.35. The molecule has 0 radical (unpaired) electrons. The molecule has 15 heavy (non-hydrogen) atoms. The SMILES string of the molecule is Cc1cnc(CCNC(=O)C2CCC2)s1. The van der Waals surface area contributed by atoms with Gasteiger partial charge in [0.05, 0.1) is 5.01 Å². The fourth-order valence-electron chi connectivity index (χ4n) is 1.62. The maximum absolute atomic E-state index is 11.5. The maximum atomic E-state index is 11.5. The smallest absolute Gasteiger partial charge is 0.223 e. The van der Waals surface area contributed by atoms with Gasteiger partial charge in [0, 0.05) is 30.0 Å². The van der Waals surface area contributed by atoms with Crippen molar-refractivity contribution in [2.24, 2.45) is 5.92 Å². The highest BCUT2D eigenvalue weighted by Crippen LogP contribution is 2.26. The van der Waals surface area contributed by atoms with Crippen molar-refractivity contribution in [2.45, 2.75) is 32.6 Å². The standard InChI is InChI=1S/C11H16N2OS/c1-8-7-13-10(15-8)5-6-12-11(14)9-3-2-4-9/h7,9H,2-6H2,1H3,(H,12,14). The molecule has 3 nitrogen and oxygen atoms in total. The highest BCUT2D eigenvalue weighted by atomic mass is 32.1. The van der Waals surface area contributed by atoms with Crippen LogP contribution in [0.2, 0.25) is 0 Å². The average molecular weight is 224 g/mol. The Kier molecular flexibility index (Phi) is 3.36. The fourth-order valence-corrected chi connectivity index (χ4v) is 2.41. The van der Waals surface area contributed by atoms with Gasteiger partial charge in [-0.25, -0.2) is 4.98 Å². The number of aryl methyl sites for hydroxylation is 1. The van der Waals surface area contributed by atoms with E-state index in [0.717, 1.165) is 30.8 Å². The molecule has 1 aromatic heterocycles. The van der Waals surface area contributed by atoms with Crippen LogP contribution in [0.15, 0.2) is 6.20 Å². The van der Waals surface area contributed by atoms with Crippen LogP contribution in [-0.4, -0.2) is 17.4 Å². The highest BCUT2D eigenvalue weighted by molar-refractivity contribution is 7.11. The van der Waals surface area contributed by atoms with E-state index < -0.39 is 0 Å². The van der Waals surface area contributed by atoms with E-state index in [9.17, 15) is 4.79 Å². The second-order valence-corrected chi connectivity index (χ2v) is 5.35. The molecule has 1 aliphatic rings. The summed E-state index contributed by atoms with van der Waals surface area (Å²) in [6.07, 6.45) is 6.10.